The van der Waals surface area contributed by atoms with E-state index in [9.17, 15) is 14.7 Å². The Balaban J connectivity index is 4.59. The molecule has 0 amide bonds. The van der Waals surface area contributed by atoms with Crippen LogP contribution in [0.25, 0.3) is 0 Å². The molecule has 0 saturated heterocycles. The van der Waals surface area contributed by atoms with E-state index in [4.69, 9.17) is 9.47 Å². The molecule has 0 spiro atoms. The largest absolute Gasteiger partial charge is 0.466 e. The van der Waals surface area contributed by atoms with E-state index in [-0.39, 0.29) is 26.1 Å². The van der Waals surface area contributed by atoms with Gasteiger partial charge in [0.1, 0.15) is 0 Å². The average Bonchev–Trinajstić information content (AvgIpc) is 2.25. The van der Waals surface area contributed by atoms with Gasteiger partial charge in [0.15, 0.2) is 5.72 Å². The van der Waals surface area contributed by atoms with E-state index in [0.29, 0.717) is 0 Å². The molecule has 7 nitrogen and oxygen atoms in total. The van der Waals surface area contributed by atoms with Crippen molar-refractivity contribution in [2.45, 2.75) is 52.3 Å². The number of azo groups is 1. The number of rotatable bonds is 8. The molecule has 7 heteroatoms. The fraction of sp³-hybridized carbons (Fsp3) is 0.833. The average molecular weight is 274 g/mol. The topological polar surface area (TPSA) is 97.6 Å². The van der Waals surface area contributed by atoms with Crippen molar-refractivity contribution in [3.8, 4) is 0 Å². The molecule has 0 aromatic rings. The van der Waals surface area contributed by atoms with Crippen LogP contribution in [0.4, 0.5) is 0 Å². The Labute approximate surface area is 113 Å². The fourth-order valence-electron chi connectivity index (χ4n) is 1.20. The highest BCUT2D eigenvalue weighted by molar-refractivity contribution is 5.74. The van der Waals surface area contributed by atoms with Crippen LogP contribution < -0.4 is 0 Å². The van der Waals surface area contributed by atoms with E-state index in [0.717, 1.165) is 0 Å². The summed E-state index contributed by atoms with van der Waals surface area (Å²) in [5, 5.41) is 16.9. The lowest BCUT2D eigenvalue weighted by Gasteiger charge is -2.13. The van der Waals surface area contributed by atoms with E-state index in [1.807, 2.05) is 0 Å². The summed E-state index contributed by atoms with van der Waals surface area (Å²) in [4.78, 5) is 22.8. The molecule has 0 aromatic carbocycles. The summed E-state index contributed by atoms with van der Waals surface area (Å²) >= 11 is 0. The van der Waals surface area contributed by atoms with E-state index in [2.05, 4.69) is 10.2 Å². The van der Waals surface area contributed by atoms with Crippen molar-refractivity contribution < 1.29 is 24.2 Å². The van der Waals surface area contributed by atoms with E-state index < -0.39 is 23.7 Å². The van der Waals surface area contributed by atoms with Crippen LogP contribution in [-0.2, 0) is 19.1 Å². The maximum atomic E-state index is 11.4. The molecule has 0 aliphatic carbocycles. The zero-order chi connectivity index (χ0) is 14.9. The van der Waals surface area contributed by atoms with Crippen molar-refractivity contribution >= 4 is 11.9 Å². The number of carbonyl (C=O) groups excluding carboxylic acids is 2. The SMILES string of the molecule is CCOC(=O)CC(CC(=O)OCC)N=NC(C)(C)O. The van der Waals surface area contributed by atoms with Gasteiger partial charge in [-0.1, -0.05) is 0 Å². The lowest BCUT2D eigenvalue weighted by Crippen LogP contribution is -2.21. The van der Waals surface area contributed by atoms with Gasteiger partial charge in [-0.3, -0.25) is 9.59 Å². The molecule has 0 fully saturated rings. The van der Waals surface area contributed by atoms with Gasteiger partial charge in [0.2, 0.25) is 0 Å². The summed E-state index contributed by atoms with van der Waals surface area (Å²) in [6.07, 6.45) is -0.154. The summed E-state index contributed by atoms with van der Waals surface area (Å²) in [5.41, 5.74) is -1.35. The van der Waals surface area contributed by atoms with Crippen LogP contribution in [0.3, 0.4) is 0 Å². The molecule has 1 N–H and O–H groups in total. The third-order valence-corrected chi connectivity index (χ3v) is 1.88. The number of hydrogen-bond acceptors (Lipinski definition) is 7. The monoisotopic (exact) mass is 274 g/mol. The van der Waals surface area contributed by atoms with Crippen molar-refractivity contribution in [3.63, 3.8) is 0 Å². The summed E-state index contributed by atoms with van der Waals surface area (Å²) in [6.45, 7) is 6.79. The number of ether oxygens (including phenoxy) is 2. The highest BCUT2D eigenvalue weighted by Gasteiger charge is 2.20. The van der Waals surface area contributed by atoms with Crippen molar-refractivity contribution in [2.75, 3.05) is 13.2 Å². The standard InChI is InChI=1S/C12H22N2O5/c1-5-18-10(15)7-9(8-11(16)19-6-2)13-14-12(3,4)17/h9,17H,5-8H2,1-4H3. The minimum atomic E-state index is -1.35. The van der Waals surface area contributed by atoms with E-state index in [1.165, 1.54) is 13.8 Å². The van der Waals surface area contributed by atoms with Crippen LogP contribution >= 0.6 is 0 Å². The highest BCUT2D eigenvalue weighted by atomic mass is 16.5. The smallest absolute Gasteiger partial charge is 0.308 e. The summed E-state index contributed by atoms with van der Waals surface area (Å²) in [5.74, 6) is -0.932. The van der Waals surface area contributed by atoms with Gasteiger partial charge in [-0.25, -0.2) is 0 Å². The van der Waals surface area contributed by atoms with Crippen LogP contribution in [0, 0.1) is 0 Å². The Morgan fingerprint density at radius 1 is 1.11 bits per heavy atom. The lowest BCUT2D eigenvalue weighted by atomic mass is 10.1. The molecule has 0 atom stereocenters. The first-order valence-corrected chi connectivity index (χ1v) is 6.24. The predicted molar refractivity (Wildman–Crippen MR) is 67.4 cm³/mol. The van der Waals surface area contributed by atoms with Crippen molar-refractivity contribution in [2.24, 2.45) is 10.2 Å². The number of hydrogen-bond donors (Lipinski definition) is 1. The quantitative estimate of drug-likeness (QED) is 0.533. The molecular weight excluding hydrogens is 252 g/mol. The van der Waals surface area contributed by atoms with Gasteiger partial charge in [0.05, 0.1) is 32.1 Å². The van der Waals surface area contributed by atoms with Crippen LogP contribution in [0.1, 0.15) is 40.5 Å². The molecule has 0 unspecified atom stereocenters. The molecular formula is C12H22N2O5. The fourth-order valence-corrected chi connectivity index (χ4v) is 1.20. The molecule has 0 saturated carbocycles. The maximum Gasteiger partial charge on any atom is 0.308 e. The van der Waals surface area contributed by atoms with Gasteiger partial charge in [-0.05, 0) is 27.7 Å². The highest BCUT2D eigenvalue weighted by Crippen LogP contribution is 2.11. The third-order valence-electron chi connectivity index (χ3n) is 1.88. The molecule has 0 bridgehead atoms. The molecule has 0 rings (SSSR count). The Morgan fingerprint density at radius 2 is 1.53 bits per heavy atom. The van der Waals surface area contributed by atoms with Gasteiger partial charge in [-0.2, -0.15) is 10.2 Å². The second-order valence-electron chi connectivity index (χ2n) is 4.38. The number of carbonyl (C=O) groups is 2. The second kappa shape index (κ2) is 8.58. The van der Waals surface area contributed by atoms with Crippen molar-refractivity contribution in [1.29, 1.82) is 0 Å². The molecule has 0 aliphatic rings. The minimum Gasteiger partial charge on any atom is -0.466 e. The Kier molecular flexibility index (Phi) is 7.90. The van der Waals surface area contributed by atoms with Gasteiger partial charge in [-0.15, -0.1) is 0 Å². The summed E-state index contributed by atoms with van der Waals surface area (Å²) in [6, 6.07) is -0.690. The zero-order valence-corrected chi connectivity index (χ0v) is 11.9. The number of aliphatic hydroxyl groups is 1. The first-order chi connectivity index (χ1) is 8.78. The first kappa shape index (κ1) is 17.5. The van der Waals surface area contributed by atoms with Gasteiger partial charge < -0.3 is 14.6 Å². The summed E-state index contributed by atoms with van der Waals surface area (Å²) < 4.78 is 9.58. The minimum absolute atomic E-state index is 0.0771. The van der Waals surface area contributed by atoms with Gasteiger partial charge in [0, 0.05) is 0 Å². The van der Waals surface area contributed by atoms with E-state index >= 15 is 0 Å². The van der Waals surface area contributed by atoms with Crippen LogP contribution in [0.5, 0.6) is 0 Å². The Bertz CT molecular complexity index is 303. The zero-order valence-electron chi connectivity index (χ0n) is 11.9. The summed E-state index contributed by atoms with van der Waals surface area (Å²) in [7, 11) is 0. The van der Waals surface area contributed by atoms with Crippen molar-refractivity contribution in [3.05, 3.63) is 0 Å². The Hall–Kier alpha value is -1.50. The van der Waals surface area contributed by atoms with Gasteiger partial charge >= 0.3 is 11.9 Å². The van der Waals surface area contributed by atoms with Crippen molar-refractivity contribution in [1.82, 2.24) is 0 Å². The lowest BCUT2D eigenvalue weighted by molar-refractivity contribution is -0.145. The first-order valence-electron chi connectivity index (χ1n) is 6.24. The molecule has 0 heterocycles. The molecule has 110 valence electrons. The second-order valence-corrected chi connectivity index (χ2v) is 4.38. The predicted octanol–water partition coefficient (Wildman–Crippen LogP) is 1.44. The third kappa shape index (κ3) is 10.1. The molecule has 0 aromatic heterocycles. The molecule has 0 radical (unpaired) electrons. The van der Waals surface area contributed by atoms with Crippen LogP contribution in [0.15, 0.2) is 10.2 Å². The van der Waals surface area contributed by atoms with Crippen LogP contribution in [-0.4, -0.2) is 42.0 Å². The van der Waals surface area contributed by atoms with E-state index in [1.54, 1.807) is 13.8 Å². The normalized spacial score (nSPS) is 11.9. The molecule has 19 heavy (non-hydrogen) atoms. The molecule has 0 aliphatic heterocycles. The number of esters is 2. The van der Waals surface area contributed by atoms with Crippen LogP contribution in [0.2, 0.25) is 0 Å². The Morgan fingerprint density at radius 3 is 1.84 bits per heavy atom. The number of nitrogens with zero attached hydrogens (tertiary/aromatic N) is 2. The maximum absolute atomic E-state index is 11.4. The van der Waals surface area contributed by atoms with Gasteiger partial charge in [0.25, 0.3) is 0 Å².